The summed E-state index contributed by atoms with van der Waals surface area (Å²) >= 11 is 0. The molecule has 0 aliphatic carbocycles. The van der Waals surface area contributed by atoms with Crippen LogP contribution in [-0.4, -0.2) is 16.0 Å². The molecule has 0 radical (unpaired) electrons. The Labute approximate surface area is 57.2 Å². The number of nitrogens with zero attached hydrogens (tertiary/aromatic N) is 2. The van der Waals surface area contributed by atoms with E-state index in [9.17, 15) is 4.79 Å². The van der Waals surface area contributed by atoms with Crippen molar-refractivity contribution in [3.63, 3.8) is 0 Å². The first-order chi connectivity index (χ1) is 4.74. The first kappa shape index (κ1) is 6.73. The number of rotatable bonds is 2. The van der Waals surface area contributed by atoms with E-state index < -0.39 is 0 Å². The monoisotopic (exact) mass is 141 g/mol. The number of hydrogen-bond donors (Lipinski definition) is 1. The summed E-state index contributed by atoms with van der Waals surface area (Å²) in [6.45, 7) is 1.71. The molecule has 1 heterocycles. The predicted octanol–water partition coefficient (Wildman–Crippen LogP) is 0.245. The number of nitrogen functional groups attached to an aromatic ring is 1. The molecule has 1 aromatic heterocycles. The van der Waals surface area contributed by atoms with Crippen molar-refractivity contribution < 1.29 is 9.21 Å². The Morgan fingerprint density at radius 1 is 1.70 bits per heavy atom. The predicted molar refractivity (Wildman–Crippen MR) is 33.3 cm³/mol. The number of aromatic nitrogens is 2. The number of ketones is 1. The smallest absolute Gasteiger partial charge is 0.313 e. The van der Waals surface area contributed by atoms with Crippen molar-refractivity contribution >= 4 is 11.8 Å². The highest BCUT2D eigenvalue weighted by atomic mass is 16.4. The maximum absolute atomic E-state index is 10.8. The molecule has 0 unspecified atom stereocenters. The summed E-state index contributed by atoms with van der Waals surface area (Å²) in [4.78, 5) is 10.8. The summed E-state index contributed by atoms with van der Waals surface area (Å²) < 4.78 is 4.64. The molecule has 5 heteroatoms. The number of hydrogen-bond acceptors (Lipinski definition) is 5. The van der Waals surface area contributed by atoms with Crippen molar-refractivity contribution in [2.24, 2.45) is 0 Å². The van der Waals surface area contributed by atoms with Gasteiger partial charge in [-0.25, -0.2) is 0 Å². The van der Waals surface area contributed by atoms with Crippen LogP contribution in [0.5, 0.6) is 0 Å². The number of carbonyl (C=O) groups excluding carboxylic acids is 1. The molecule has 54 valence electrons. The highest BCUT2D eigenvalue weighted by molar-refractivity contribution is 5.91. The van der Waals surface area contributed by atoms with Gasteiger partial charge in [-0.3, -0.25) is 4.79 Å². The molecule has 0 amide bonds. The summed E-state index contributed by atoms with van der Waals surface area (Å²) in [5.74, 6) is -0.204. The zero-order valence-corrected chi connectivity index (χ0v) is 5.50. The Morgan fingerprint density at radius 3 is 2.80 bits per heavy atom. The van der Waals surface area contributed by atoms with E-state index >= 15 is 0 Å². The zero-order chi connectivity index (χ0) is 7.56. The Bertz CT molecular complexity index is 243. The van der Waals surface area contributed by atoms with Crippen molar-refractivity contribution in [2.75, 3.05) is 5.73 Å². The minimum atomic E-state index is -0.191. The Balaban J connectivity index is 2.85. The van der Waals surface area contributed by atoms with Gasteiger partial charge in [0.05, 0.1) is 0 Å². The van der Waals surface area contributed by atoms with Crippen molar-refractivity contribution in [3.8, 4) is 0 Å². The summed E-state index contributed by atoms with van der Waals surface area (Å²) in [6.07, 6.45) is 0.349. The maximum Gasteiger partial charge on any atom is 0.313 e. The molecule has 0 atom stereocenters. The highest BCUT2D eigenvalue weighted by Gasteiger charge is 2.09. The van der Waals surface area contributed by atoms with Gasteiger partial charge >= 0.3 is 6.01 Å². The fourth-order valence-electron chi connectivity index (χ4n) is 0.498. The van der Waals surface area contributed by atoms with E-state index in [0.29, 0.717) is 6.42 Å². The maximum atomic E-state index is 10.8. The standard InChI is InChI=1S/C5H7N3O2/c1-2-3(9)4-7-8-5(6)10-4/h2H2,1H3,(H2,6,8). The average molecular weight is 141 g/mol. The molecule has 1 rings (SSSR count). The third-order valence-electron chi connectivity index (χ3n) is 1.00. The molecule has 0 bridgehead atoms. The third-order valence-corrected chi connectivity index (χ3v) is 1.00. The van der Waals surface area contributed by atoms with Gasteiger partial charge in [-0.05, 0) is 0 Å². The lowest BCUT2D eigenvalue weighted by Gasteiger charge is -1.83. The molecule has 0 saturated carbocycles. The average Bonchev–Trinajstić information content (AvgIpc) is 2.34. The fourth-order valence-corrected chi connectivity index (χ4v) is 0.498. The number of carbonyl (C=O) groups is 1. The number of Topliss-reactive ketones (excluding diaryl/α,β-unsaturated/α-hetero) is 1. The van der Waals surface area contributed by atoms with Crippen LogP contribution >= 0.6 is 0 Å². The van der Waals surface area contributed by atoms with Crippen LogP contribution < -0.4 is 5.73 Å². The van der Waals surface area contributed by atoms with Crippen molar-refractivity contribution in [1.82, 2.24) is 10.2 Å². The van der Waals surface area contributed by atoms with E-state index in [1.165, 1.54) is 0 Å². The van der Waals surface area contributed by atoms with E-state index in [0.717, 1.165) is 0 Å². The Morgan fingerprint density at radius 2 is 2.40 bits per heavy atom. The van der Waals surface area contributed by atoms with E-state index in [1.54, 1.807) is 6.92 Å². The lowest BCUT2D eigenvalue weighted by Crippen LogP contribution is -1.95. The molecule has 0 aliphatic heterocycles. The van der Waals surface area contributed by atoms with Gasteiger partial charge < -0.3 is 10.2 Å². The molecule has 0 fully saturated rings. The molecular weight excluding hydrogens is 134 g/mol. The second-order valence-electron chi connectivity index (χ2n) is 1.72. The first-order valence-corrected chi connectivity index (χ1v) is 2.86. The SMILES string of the molecule is CCC(=O)c1nnc(N)o1. The van der Waals surface area contributed by atoms with Gasteiger partial charge in [-0.1, -0.05) is 12.0 Å². The summed E-state index contributed by atoms with van der Waals surface area (Å²) in [7, 11) is 0. The molecular formula is C5H7N3O2. The van der Waals surface area contributed by atoms with Gasteiger partial charge in [-0.2, -0.15) is 0 Å². The van der Waals surface area contributed by atoms with Crippen LogP contribution in [0.1, 0.15) is 24.0 Å². The third kappa shape index (κ3) is 1.12. The largest absolute Gasteiger partial charge is 0.400 e. The van der Waals surface area contributed by atoms with Crippen molar-refractivity contribution in [3.05, 3.63) is 5.89 Å². The van der Waals surface area contributed by atoms with Crippen LogP contribution in [0.15, 0.2) is 4.42 Å². The van der Waals surface area contributed by atoms with Crippen LogP contribution in [0.3, 0.4) is 0 Å². The lowest BCUT2D eigenvalue weighted by molar-refractivity contribution is 0.0955. The molecule has 5 nitrogen and oxygen atoms in total. The van der Waals surface area contributed by atoms with Gasteiger partial charge in [-0.15, -0.1) is 5.10 Å². The van der Waals surface area contributed by atoms with Gasteiger partial charge in [0, 0.05) is 6.42 Å². The van der Waals surface area contributed by atoms with Gasteiger partial charge in [0.1, 0.15) is 0 Å². The molecule has 2 N–H and O–H groups in total. The van der Waals surface area contributed by atoms with E-state index in [1.807, 2.05) is 0 Å². The van der Waals surface area contributed by atoms with Crippen LogP contribution in [-0.2, 0) is 0 Å². The Hall–Kier alpha value is -1.39. The molecule has 10 heavy (non-hydrogen) atoms. The summed E-state index contributed by atoms with van der Waals surface area (Å²) in [5.41, 5.74) is 5.08. The molecule has 0 saturated heterocycles. The van der Waals surface area contributed by atoms with E-state index in [4.69, 9.17) is 5.73 Å². The Kier molecular flexibility index (Phi) is 1.66. The minimum Gasteiger partial charge on any atom is -0.400 e. The van der Waals surface area contributed by atoms with Crippen LogP contribution in [0.25, 0.3) is 0 Å². The molecule has 0 spiro atoms. The topological polar surface area (TPSA) is 82.0 Å². The quantitative estimate of drug-likeness (QED) is 0.596. The van der Waals surface area contributed by atoms with Gasteiger partial charge in [0.2, 0.25) is 5.78 Å². The van der Waals surface area contributed by atoms with Crippen molar-refractivity contribution in [1.29, 1.82) is 0 Å². The summed E-state index contributed by atoms with van der Waals surface area (Å²) in [6, 6.07) is -0.0724. The number of nitrogens with two attached hydrogens (primary N) is 1. The molecule has 1 aromatic rings. The summed E-state index contributed by atoms with van der Waals surface area (Å²) in [5, 5.41) is 6.72. The lowest BCUT2D eigenvalue weighted by atomic mass is 10.3. The van der Waals surface area contributed by atoms with E-state index in [2.05, 4.69) is 14.6 Å². The fraction of sp³-hybridized carbons (Fsp3) is 0.400. The second-order valence-corrected chi connectivity index (χ2v) is 1.72. The number of anilines is 1. The van der Waals surface area contributed by atoms with Gasteiger partial charge in [0.15, 0.2) is 0 Å². The van der Waals surface area contributed by atoms with Gasteiger partial charge in [0.25, 0.3) is 5.89 Å². The van der Waals surface area contributed by atoms with Crippen molar-refractivity contribution in [2.45, 2.75) is 13.3 Å². The first-order valence-electron chi connectivity index (χ1n) is 2.86. The minimum absolute atomic E-state index is 0.0139. The zero-order valence-electron chi connectivity index (χ0n) is 5.50. The van der Waals surface area contributed by atoms with E-state index in [-0.39, 0.29) is 17.7 Å². The van der Waals surface area contributed by atoms with Crippen LogP contribution in [0.4, 0.5) is 6.01 Å². The molecule has 0 aromatic carbocycles. The highest BCUT2D eigenvalue weighted by Crippen LogP contribution is 2.02. The second kappa shape index (κ2) is 2.47. The molecule has 0 aliphatic rings. The van der Waals surface area contributed by atoms with Crippen LogP contribution in [0.2, 0.25) is 0 Å². The van der Waals surface area contributed by atoms with Crippen LogP contribution in [0, 0.1) is 0 Å². The normalized spacial score (nSPS) is 9.70.